The quantitative estimate of drug-likeness (QED) is 0.673. The van der Waals surface area contributed by atoms with Gasteiger partial charge in [0.05, 0.1) is 23.2 Å². The Labute approximate surface area is 139 Å². The monoisotopic (exact) mass is 344 g/mol. The highest BCUT2D eigenvalue weighted by atomic mass is 32.2. The molecule has 2 N–H and O–H groups in total. The van der Waals surface area contributed by atoms with Crippen molar-refractivity contribution in [1.29, 1.82) is 0 Å². The van der Waals surface area contributed by atoms with E-state index < -0.39 is 21.8 Å². The standard InChI is InChI=1S/C17H28O5S/c1-13-5-8-15(9-6-13)23(20,21)22-12-11-14(2)7-10-16(18)17(3,4)19/h5-6,8-9,14,16,18-19H,7,10-12H2,1-4H3. The zero-order chi connectivity index (χ0) is 17.7. The highest BCUT2D eigenvalue weighted by Crippen LogP contribution is 2.20. The first-order valence-electron chi connectivity index (χ1n) is 7.89. The topological polar surface area (TPSA) is 83.8 Å². The summed E-state index contributed by atoms with van der Waals surface area (Å²) in [6.07, 6.45) is 0.945. The van der Waals surface area contributed by atoms with Gasteiger partial charge in [-0.1, -0.05) is 24.6 Å². The molecular formula is C17H28O5S. The van der Waals surface area contributed by atoms with Crippen LogP contribution in [-0.4, -0.2) is 36.9 Å². The summed E-state index contributed by atoms with van der Waals surface area (Å²) in [5.74, 6) is 0.195. The van der Waals surface area contributed by atoms with Crippen LogP contribution in [0.1, 0.15) is 45.6 Å². The van der Waals surface area contributed by atoms with Gasteiger partial charge < -0.3 is 10.2 Å². The van der Waals surface area contributed by atoms with E-state index in [9.17, 15) is 18.6 Å². The van der Waals surface area contributed by atoms with E-state index in [-0.39, 0.29) is 17.4 Å². The first-order valence-corrected chi connectivity index (χ1v) is 9.29. The summed E-state index contributed by atoms with van der Waals surface area (Å²) < 4.78 is 29.1. The van der Waals surface area contributed by atoms with Gasteiger partial charge in [0.1, 0.15) is 0 Å². The van der Waals surface area contributed by atoms with E-state index in [0.717, 1.165) is 5.56 Å². The Hall–Kier alpha value is -0.950. The minimum absolute atomic E-state index is 0.107. The molecule has 1 rings (SSSR count). The van der Waals surface area contributed by atoms with Crippen molar-refractivity contribution in [3.05, 3.63) is 29.8 Å². The molecule has 0 spiro atoms. The summed E-state index contributed by atoms with van der Waals surface area (Å²) in [4.78, 5) is 0.160. The van der Waals surface area contributed by atoms with E-state index in [4.69, 9.17) is 4.18 Å². The van der Waals surface area contributed by atoms with E-state index in [1.54, 1.807) is 26.0 Å². The molecule has 0 fully saturated rings. The molecular weight excluding hydrogens is 316 g/mol. The zero-order valence-electron chi connectivity index (χ0n) is 14.3. The van der Waals surface area contributed by atoms with E-state index in [1.807, 2.05) is 13.8 Å². The van der Waals surface area contributed by atoms with Gasteiger partial charge in [-0.25, -0.2) is 0 Å². The lowest BCUT2D eigenvalue weighted by Gasteiger charge is -2.25. The van der Waals surface area contributed by atoms with Crippen LogP contribution in [-0.2, 0) is 14.3 Å². The minimum Gasteiger partial charge on any atom is -0.390 e. The van der Waals surface area contributed by atoms with Crippen LogP contribution in [0.2, 0.25) is 0 Å². The fourth-order valence-electron chi connectivity index (χ4n) is 2.07. The predicted octanol–water partition coefficient (Wildman–Crippen LogP) is 2.64. The summed E-state index contributed by atoms with van der Waals surface area (Å²) in [7, 11) is -3.72. The lowest BCUT2D eigenvalue weighted by atomic mass is 9.93. The fraction of sp³-hybridized carbons (Fsp3) is 0.647. The Balaban J connectivity index is 2.39. The van der Waals surface area contributed by atoms with Crippen LogP contribution >= 0.6 is 0 Å². The summed E-state index contributed by atoms with van der Waals surface area (Å²) >= 11 is 0. The van der Waals surface area contributed by atoms with Gasteiger partial charge in [0, 0.05) is 0 Å². The van der Waals surface area contributed by atoms with Crippen molar-refractivity contribution in [2.45, 2.75) is 63.6 Å². The summed E-state index contributed by atoms with van der Waals surface area (Å²) in [5.41, 5.74) is -0.131. The third-order valence-electron chi connectivity index (χ3n) is 3.91. The first kappa shape index (κ1) is 20.1. The van der Waals surface area contributed by atoms with Crippen LogP contribution in [0.3, 0.4) is 0 Å². The Kier molecular flexibility index (Phi) is 7.20. The van der Waals surface area contributed by atoms with Crippen molar-refractivity contribution in [3.8, 4) is 0 Å². The molecule has 0 heterocycles. The lowest BCUT2D eigenvalue weighted by molar-refractivity contribution is -0.0535. The molecule has 132 valence electrons. The van der Waals surface area contributed by atoms with Gasteiger partial charge in [-0.05, 0) is 58.1 Å². The molecule has 0 aliphatic carbocycles. The van der Waals surface area contributed by atoms with E-state index in [0.29, 0.717) is 19.3 Å². The molecule has 6 heteroatoms. The number of hydrogen-bond donors (Lipinski definition) is 2. The Morgan fingerprint density at radius 3 is 2.22 bits per heavy atom. The molecule has 23 heavy (non-hydrogen) atoms. The minimum atomic E-state index is -3.72. The average molecular weight is 344 g/mol. The highest BCUT2D eigenvalue weighted by molar-refractivity contribution is 7.86. The number of aliphatic hydroxyl groups is 2. The molecule has 2 unspecified atom stereocenters. The Morgan fingerprint density at radius 1 is 1.13 bits per heavy atom. The SMILES string of the molecule is Cc1ccc(S(=O)(=O)OCCC(C)CCC(O)C(C)(C)O)cc1. The molecule has 0 saturated heterocycles. The van der Waals surface area contributed by atoms with Gasteiger partial charge in [0.2, 0.25) is 0 Å². The number of aryl methyl sites for hydroxylation is 1. The molecule has 5 nitrogen and oxygen atoms in total. The van der Waals surface area contributed by atoms with Crippen LogP contribution in [0.4, 0.5) is 0 Å². The molecule has 0 amide bonds. The van der Waals surface area contributed by atoms with Crippen LogP contribution in [0.25, 0.3) is 0 Å². The first-order chi connectivity index (χ1) is 10.5. The van der Waals surface area contributed by atoms with Crippen LogP contribution in [0.5, 0.6) is 0 Å². The molecule has 0 radical (unpaired) electrons. The number of rotatable bonds is 9. The van der Waals surface area contributed by atoms with Crippen LogP contribution in [0, 0.1) is 12.8 Å². The number of hydrogen-bond acceptors (Lipinski definition) is 5. The number of benzene rings is 1. The maximum absolute atomic E-state index is 12.0. The maximum Gasteiger partial charge on any atom is 0.296 e. The van der Waals surface area contributed by atoms with E-state index >= 15 is 0 Å². The second-order valence-electron chi connectivity index (χ2n) is 6.73. The van der Waals surface area contributed by atoms with Gasteiger partial charge in [-0.3, -0.25) is 4.18 Å². The normalized spacial score (nSPS) is 15.4. The van der Waals surface area contributed by atoms with Crippen molar-refractivity contribution >= 4 is 10.1 Å². The van der Waals surface area contributed by atoms with Crippen molar-refractivity contribution in [2.75, 3.05) is 6.61 Å². The van der Waals surface area contributed by atoms with Crippen LogP contribution < -0.4 is 0 Å². The molecule has 0 aromatic heterocycles. The van der Waals surface area contributed by atoms with Gasteiger partial charge >= 0.3 is 0 Å². The Morgan fingerprint density at radius 2 is 1.70 bits per heavy atom. The second kappa shape index (κ2) is 8.24. The molecule has 0 saturated carbocycles. The number of aliphatic hydroxyl groups excluding tert-OH is 1. The summed E-state index contributed by atoms with van der Waals surface area (Å²) in [6.45, 7) is 7.11. The van der Waals surface area contributed by atoms with Gasteiger partial charge in [-0.2, -0.15) is 8.42 Å². The summed E-state index contributed by atoms with van der Waals surface area (Å²) in [5, 5.41) is 19.5. The zero-order valence-corrected chi connectivity index (χ0v) is 15.1. The third kappa shape index (κ3) is 6.99. The molecule has 1 aromatic rings. The van der Waals surface area contributed by atoms with E-state index in [2.05, 4.69) is 0 Å². The van der Waals surface area contributed by atoms with Gasteiger partial charge in [0.25, 0.3) is 10.1 Å². The fourth-order valence-corrected chi connectivity index (χ4v) is 2.99. The molecule has 1 aromatic carbocycles. The molecule has 2 atom stereocenters. The van der Waals surface area contributed by atoms with Crippen LogP contribution in [0.15, 0.2) is 29.2 Å². The van der Waals surface area contributed by atoms with Gasteiger partial charge in [-0.15, -0.1) is 0 Å². The molecule has 0 aliphatic rings. The van der Waals surface area contributed by atoms with Crippen molar-refractivity contribution < 1.29 is 22.8 Å². The van der Waals surface area contributed by atoms with Crippen molar-refractivity contribution in [3.63, 3.8) is 0 Å². The largest absolute Gasteiger partial charge is 0.390 e. The van der Waals surface area contributed by atoms with Crippen molar-refractivity contribution in [2.24, 2.45) is 5.92 Å². The lowest BCUT2D eigenvalue weighted by Crippen LogP contribution is -2.36. The molecule has 0 bridgehead atoms. The predicted molar refractivity (Wildman–Crippen MR) is 89.6 cm³/mol. The Bertz CT molecular complexity index is 572. The van der Waals surface area contributed by atoms with Crippen molar-refractivity contribution in [1.82, 2.24) is 0 Å². The molecule has 0 aliphatic heterocycles. The average Bonchev–Trinajstić information content (AvgIpc) is 2.44. The second-order valence-corrected chi connectivity index (χ2v) is 8.35. The van der Waals surface area contributed by atoms with E-state index in [1.165, 1.54) is 12.1 Å². The maximum atomic E-state index is 12.0. The highest BCUT2D eigenvalue weighted by Gasteiger charge is 2.24. The third-order valence-corrected chi connectivity index (χ3v) is 5.23. The smallest absolute Gasteiger partial charge is 0.296 e. The van der Waals surface area contributed by atoms with Gasteiger partial charge in [0.15, 0.2) is 0 Å². The summed E-state index contributed by atoms with van der Waals surface area (Å²) in [6, 6.07) is 6.54.